The van der Waals surface area contributed by atoms with Crippen molar-refractivity contribution in [2.45, 2.75) is 13.5 Å². The molecule has 84 valence electrons. The van der Waals surface area contributed by atoms with Crippen LogP contribution in [0.1, 0.15) is 12.5 Å². The van der Waals surface area contributed by atoms with Gasteiger partial charge in [-0.05, 0) is 31.3 Å². The van der Waals surface area contributed by atoms with Gasteiger partial charge < -0.3 is 9.47 Å². The highest BCUT2D eigenvalue weighted by atomic mass is 15.1. The van der Waals surface area contributed by atoms with Crippen molar-refractivity contribution in [3.8, 4) is 5.69 Å². The van der Waals surface area contributed by atoms with E-state index in [1.807, 2.05) is 17.1 Å². The predicted octanol–water partition coefficient (Wildman–Crippen LogP) is 2.32. The van der Waals surface area contributed by atoms with Gasteiger partial charge in [-0.15, -0.1) is 0 Å². The van der Waals surface area contributed by atoms with Crippen molar-refractivity contribution in [2.24, 2.45) is 0 Å². The molecule has 0 aliphatic heterocycles. The van der Waals surface area contributed by atoms with Crippen LogP contribution < -0.4 is 0 Å². The van der Waals surface area contributed by atoms with E-state index in [1.54, 1.807) is 6.20 Å². The number of imidazole rings is 1. The molecule has 0 aliphatic carbocycles. The highest BCUT2D eigenvalue weighted by Gasteiger charge is 1.99. The zero-order chi connectivity index (χ0) is 11.4. The molecule has 0 spiro atoms. The minimum atomic E-state index is 1.00. The third-order valence-corrected chi connectivity index (χ3v) is 2.73. The molecule has 3 nitrogen and oxygen atoms in total. The van der Waals surface area contributed by atoms with Gasteiger partial charge in [0.2, 0.25) is 0 Å². The molecule has 0 N–H and O–H groups in total. The number of nitrogens with zero attached hydrogens (tertiary/aromatic N) is 3. The number of rotatable bonds is 4. The molecule has 0 saturated heterocycles. The monoisotopic (exact) mass is 215 g/mol. The van der Waals surface area contributed by atoms with Crippen LogP contribution in [0.3, 0.4) is 0 Å². The first kappa shape index (κ1) is 10.9. The largest absolute Gasteiger partial charge is 0.306 e. The van der Waals surface area contributed by atoms with E-state index in [1.165, 1.54) is 5.56 Å². The molecule has 0 unspecified atom stereocenters. The maximum atomic E-state index is 4.04. The summed E-state index contributed by atoms with van der Waals surface area (Å²) < 4.78 is 2.01. The molecule has 0 fully saturated rings. The second-order valence-corrected chi connectivity index (χ2v) is 3.97. The molecular weight excluding hydrogens is 198 g/mol. The fourth-order valence-electron chi connectivity index (χ4n) is 1.61. The molecule has 3 heteroatoms. The fraction of sp³-hybridized carbons (Fsp3) is 0.308. The topological polar surface area (TPSA) is 21.1 Å². The Labute approximate surface area is 96.3 Å². The Bertz CT molecular complexity index is 417. The molecule has 0 atom stereocenters. The van der Waals surface area contributed by atoms with Gasteiger partial charge in [-0.2, -0.15) is 0 Å². The van der Waals surface area contributed by atoms with Crippen LogP contribution in [0.4, 0.5) is 0 Å². The van der Waals surface area contributed by atoms with Gasteiger partial charge in [0, 0.05) is 24.6 Å². The van der Waals surface area contributed by atoms with Crippen LogP contribution in [-0.4, -0.2) is 28.0 Å². The first-order valence-corrected chi connectivity index (χ1v) is 5.55. The average Bonchev–Trinajstić information content (AvgIpc) is 2.83. The summed E-state index contributed by atoms with van der Waals surface area (Å²) in [6.45, 7) is 4.24. The summed E-state index contributed by atoms with van der Waals surface area (Å²) in [5, 5.41) is 0. The van der Waals surface area contributed by atoms with Gasteiger partial charge >= 0.3 is 0 Å². The van der Waals surface area contributed by atoms with Gasteiger partial charge in [0.25, 0.3) is 0 Å². The maximum Gasteiger partial charge on any atom is 0.0991 e. The highest BCUT2D eigenvalue weighted by Crippen LogP contribution is 2.10. The van der Waals surface area contributed by atoms with Gasteiger partial charge in [-0.3, -0.25) is 0 Å². The Hall–Kier alpha value is -1.61. The van der Waals surface area contributed by atoms with Gasteiger partial charge in [0.05, 0.1) is 6.33 Å². The van der Waals surface area contributed by atoms with Crippen molar-refractivity contribution >= 4 is 0 Å². The minimum absolute atomic E-state index is 1.00. The average molecular weight is 215 g/mol. The van der Waals surface area contributed by atoms with Crippen LogP contribution in [-0.2, 0) is 6.54 Å². The second-order valence-electron chi connectivity index (χ2n) is 3.97. The smallest absolute Gasteiger partial charge is 0.0991 e. The lowest BCUT2D eigenvalue weighted by atomic mass is 10.2. The van der Waals surface area contributed by atoms with E-state index in [4.69, 9.17) is 0 Å². The number of hydrogen-bond acceptors (Lipinski definition) is 2. The molecule has 0 amide bonds. The van der Waals surface area contributed by atoms with E-state index < -0.39 is 0 Å². The van der Waals surface area contributed by atoms with Crippen LogP contribution in [0.25, 0.3) is 5.69 Å². The zero-order valence-electron chi connectivity index (χ0n) is 9.80. The Morgan fingerprint density at radius 3 is 2.56 bits per heavy atom. The lowest BCUT2D eigenvalue weighted by Crippen LogP contribution is -2.16. The van der Waals surface area contributed by atoms with E-state index in [0.717, 1.165) is 18.8 Å². The quantitative estimate of drug-likeness (QED) is 0.780. The van der Waals surface area contributed by atoms with Crippen molar-refractivity contribution in [3.05, 3.63) is 48.5 Å². The van der Waals surface area contributed by atoms with Crippen LogP contribution in [0.2, 0.25) is 0 Å². The van der Waals surface area contributed by atoms with E-state index in [-0.39, 0.29) is 0 Å². The van der Waals surface area contributed by atoms with E-state index in [2.05, 4.69) is 48.1 Å². The fourth-order valence-corrected chi connectivity index (χ4v) is 1.61. The SMILES string of the molecule is CCN(C)Cc1ccc(-n2ccnc2)cc1. The number of aromatic nitrogens is 2. The Balaban J connectivity index is 2.11. The van der Waals surface area contributed by atoms with Gasteiger partial charge in [-0.25, -0.2) is 4.98 Å². The van der Waals surface area contributed by atoms with E-state index in [0.29, 0.717) is 0 Å². The Kier molecular flexibility index (Phi) is 3.37. The van der Waals surface area contributed by atoms with E-state index in [9.17, 15) is 0 Å². The van der Waals surface area contributed by atoms with Crippen molar-refractivity contribution in [2.75, 3.05) is 13.6 Å². The summed E-state index contributed by atoms with van der Waals surface area (Å²) in [7, 11) is 2.13. The second kappa shape index (κ2) is 4.94. The predicted molar refractivity (Wildman–Crippen MR) is 65.6 cm³/mol. The maximum absolute atomic E-state index is 4.04. The molecule has 0 bridgehead atoms. The molecule has 1 heterocycles. The van der Waals surface area contributed by atoms with Crippen molar-refractivity contribution in [1.29, 1.82) is 0 Å². The van der Waals surface area contributed by atoms with Crippen LogP contribution in [0, 0.1) is 0 Å². The molecule has 0 saturated carbocycles. The first-order chi connectivity index (χ1) is 7.79. The van der Waals surface area contributed by atoms with Crippen LogP contribution in [0.15, 0.2) is 43.0 Å². The van der Waals surface area contributed by atoms with Gasteiger partial charge in [0.1, 0.15) is 0 Å². The zero-order valence-corrected chi connectivity index (χ0v) is 9.80. The third-order valence-electron chi connectivity index (χ3n) is 2.73. The van der Waals surface area contributed by atoms with Crippen molar-refractivity contribution in [3.63, 3.8) is 0 Å². The third kappa shape index (κ3) is 2.49. The summed E-state index contributed by atoms with van der Waals surface area (Å²) in [5.74, 6) is 0. The van der Waals surface area contributed by atoms with E-state index >= 15 is 0 Å². The molecule has 16 heavy (non-hydrogen) atoms. The van der Waals surface area contributed by atoms with Gasteiger partial charge in [0.15, 0.2) is 0 Å². The van der Waals surface area contributed by atoms with Crippen molar-refractivity contribution in [1.82, 2.24) is 14.5 Å². The number of hydrogen-bond donors (Lipinski definition) is 0. The summed E-state index contributed by atoms with van der Waals surface area (Å²) in [4.78, 5) is 6.32. The Morgan fingerprint density at radius 2 is 2.00 bits per heavy atom. The normalized spacial score (nSPS) is 10.9. The Morgan fingerprint density at radius 1 is 1.25 bits per heavy atom. The molecule has 1 aromatic heterocycles. The van der Waals surface area contributed by atoms with Crippen LogP contribution in [0.5, 0.6) is 0 Å². The molecule has 0 radical (unpaired) electrons. The molecule has 0 aliphatic rings. The first-order valence-electron chi connectivity index (χ1n) is 5.55. The molecule has 1 aromatic carbocycles. The summed E-state index contributed by atoms with van der Waals surface area (Å²) >= 11 is 0. The summed E-state index contributed by atoms with van der Waals surface area (Å²) in [5.41, 5.74) is 2.49. The van der Waals surface area contributed by atoms with Gasteiger partial charge in [-0.1, -0.05) is 19.1 Å². The molecule has 2 aromatic rings. The van der Waals surface area contributed by atoms with Crippen molar-refractivity contribution < 1.29 is 0 Å². The standard InChI is InChI=1S/C13H17N3/c1-3-15(2)10-12-4-6-13(7-5-12)16-9-8-14-11-16/h4-9,11H,3,10H2,1-2H3. The number of benzene rings is 1. The highest BCUT2D eigenvalue weighted by molar-refractivity contribution is 5.34. The minimum Gasteiger partial charge on any atom is -0.306 e. The summed E-state index contributed by atoms with van der Waals surface area (Å²) in [6.07, 6.45) is 5.55. The lowest BCUT2D eigenvalue weighted by molar-refractivity contribution is 0.346. The summed E-state index contributed by atoms with van der Waals surface area (Å²) in [6, 6.07) is 8.59. The molecular formula is C13H17N3. The molecule has 2 rings (SSSR count). The van der Waals surface area contributed by atoms with Crippen LogP contribution >= 0.6 is 0 Å². The lowest BCUT2D eigenvalue weighted by Gasteiger charge is -2.13.